The van der Waals surface area contributed by atoms with Gasteiger partial charge in [0.1, 0.15) is 0 Å². The van der Waals surface area contributed by atoms with E-state index < -0.39 is 10.0 Å². The van der Waals surface area contributed by atoms with E-state index in [1.54, 1.807) is 12.1 Å². The van der Waals surface area contributed by atoms with Crippen LogP contribution in [0.1, 0.15) is 24.3 Å². The van der Waals surface area contributed by atoms with Gasteiger partial charge in [-0.2, -0.15) is 11.8 Å². The maximum absolute atomic E-state index is 11.5. The second-order valence-electron chi connectivity index (χ2n) is 3.97. The van der Waals surface area contributed by atoms with E-state index in [-0.39, 0.29) is 0 Å². The minimum atomic E-state index is -3.59. The highest BCUT2D eigenvalue weighted by atomic mass is 32.2. The molecule has 1 heterocycles. The molecule has 0 amide bonds. The predicted molar refractivity (Wildman–Crippen MR) is 67.1 cm³/mol. The van der Waals surface area contributed by atoms with Crippen molar-refractivity contribution in [2.24, 2.45) is 5.14 Å². The summed E-state index contributed by atoms with van der Waals surface area (Å²) in [5.41, 5.74) is 0.894. The molecule has 0 unspecified atom stereocenters. The Morgan fingerprint density at radius 2 is 1.81 bits per heavy atom. The van der Waals surface area contributed by atoms with Gasteiger partial charge in [-0.3, -0.25) is 0 Å². The van der Waals surface area contributed by atoms with Gasteiger partial charge >= 0.3 is 0 Å². The number of hydrogen-bond donors (Lipinski definition) is 1. The first kappa shape index (κ1) is 12.0. The minimum Gasteiger partial charge on any atom is -0.225 e. The number of hydrogen-bond acceptors (Lipinski definition) is 3. The fourth-order valence-electron chi connectivity index (χ4n) is 2.09. The third-order valence-electron chi connectivity index (χ3n) is 2.89. The van der Waals surface area contributed by atoms with Gasteiger partial charge in [-0.15, -0.1) is 0 Å². The van der Waals surface area contributed by atoms with Gasteiger partial charge in [0.2, 0.25) is 10.0 Å². The average Bonchev–Trinajstić information content (AvgIpc) is 2.29. The molecule has 0 atom stereocenters. The first-order valence-corrected chi connectivity index (χ1v) is 7.98. The molecule has 2 rings (SSSR count). The van der Waals surface area contributed by atoms with Gasteiger partial charge < -0.3 is 0 Å². The zero-order chi connectivity index (χ0) is 11.6. The lowest BCUT2D eigenvalue weighted by Gasteiger charge is -2.23. The number of rotatable bonds is 2. The maximum atomic E-state index is 11.5. The third kappa shape index (κ3) is 2.59. The van der Waals surface area contributed by atoms with Crippen LogP contribution in [0.4, 0.5) is 0 Å². The van der Waals surface area contributed by atoms with Crippen molar-refractivity contribution in [2.75, 3.05) is 11.5 Å². The summed E-state index contributed by atoms with van der Waals surface area (Å²) in [6.45, 7) is 0. The minimum absolute atomic E-state index is 0.298. The normalized spacial score (nSPS) is 18.6. The van der Waals surface area contributed by atoms with Crippen molar-refractivity contribution in [2.45, 2.75) is 23.7 Å². The Balaban J connectivity index is 2.40. The third-order valence-corrected chi connectivity index (χ3v) is 4.92. The van der Waals surface area contributed by atoms with Gasteiger partial charge in [0.05, 0.1) is 4.90 Å². The Kier molecular flexibility index (Phi) is 3.56. The van der Waals surface area contributed by atoms with Crippen molar-refractivity contribution >= 4 is 21.8 Å². The summed E-state index contributed by atoms with van der Waals surface area (Å²) in [7, 11) is -3.59. The lowest BCUT2D eigenvalue weighted by atomic mass is 9.93. The first-order chi connectivity index (χ1) is 7.59. The molecule has 1 fully saturated rings. The molecule has 2 N–H and O–H groups in total. The number of nitrogens with two attached hydrogens (primary N) is 1. The standard InChI is InChI=1S/C11H15NO2S2/c12-16(13,14)11-4-2-1-3-10(11)9-5-7-15-8-6-9/h1-4,9H,5-8H2,(H2,12,13,14). The topological polar surface area (TPSA) is 60.2 Å². The molecule has 5 heteroatoms. The van der Waals surface area contributed by atoms with Crippen molar-refractivity contribution < 1.29 is 8.42 Å². The van der Waals surface area contributed by atoms with Crippen LogP contribution in [0.5, 0.6) is 0 Å². The van der Waals surface area contributed by atoms with Crippen LogP contribution in [-0.4, -0.2) is 19.9 Å². The molecule has 16 heavy (non-hydrogen) atoms. The molecule has 0 spiro atoms. The summed E-state index contributed by atoms with van der Waals surface area (Å²) in [5.74, 6) is 2.54. The van der Waals surface area contributed by atoms with Crippen LogP contribution in [0.15, 0.2) is 29.2 Å². The van der Waals surface area contributed by atoms with Crippen molar-refractivity contribution in [1.29, 1.82) is 0 Å². The SMILES string of the molecule is NS(=O)(=O)c1ccccc1C1CCSCC1. The van der Waals surface area contributed by atoms with Crippen LogP contribution in [0.2, 0.25) is 0 Å². The second kappa shape index (κ2) is 4.77. The van der Waals surface area contributed by atoms with Crippen molar-refractivity contribution in [3.05, 3.63) is 29.8 Å². The predicted octanol–water partition coefficient (Wildman–Crippen LogP) is 1.94. The Morgan fingerprint density at radius 1 is 1.19 bits per heavy atom. The Morgan fingerprint density at radius 3 is 2.44 bits per heavy atom. The highest BCUT2D eigenvalue weighted by Gasteiger charge is 2.22. The lowest BCUT2D eigenvalue weighted by Crippen LogP contribution is -2.17. The highest BCUT2D eigenvalue weighted by molar-refractivity contribution is 7.99. The molecule has 1 aromatic rings. The zero-order valence-corrected chi connectivity index (χ0v) is 10.6. The molecule has 0 aromatic heterocycles. The van der Waals surface area contributed by atoms with Crippen LogP contribution in [0, 0.1) is 0 Å². The molecular weight excluding hydrogens is 242 g/mol. The van der Waals surface area contributed by atoms with E-state index in [0.717, 1.165) is 29.9 Å². The van der Waals surface area contributed by atoms with Crippen molar-refractivity contribution in [1.82, 2.24) is 0 Å². The molecule has 1 aliphatic rings. The van der Waals surface area contributed by atoms with Crippen LogP contribution in [0.25, 0.3) is 0 Å². The largest absolute Gasteiger partial charge is 0.238 e. The Hall–Kier alpha value is -0.520. The molecule has 1 aromatic carbocycles. The van der Waals surface area contributed by atoms with E-state index in [0.29, 0.717) is 10.8 Å². The quantitative estimate of drug-likeness (QED) is 0.881. The molecule has 0 aliphatic carbocycles. The van der Waals surface area contributed by atoms with Gasteiger partial charge in [0.25, 0.3) is 0 Å². The lowest BCUT2D eigenvalue weighted by molar-refractivity contribution is 0.587. The van der Waals surface area contributed by atoms with Crippen LogP contribution in [0.3, 0.4) is 0 Å². The van der Waals surface area contributed by atoms with Crippen LogP contribution < -0.4 is 5.14 Å². The van der Waals surface area contributed by atoms with Crippen LogP contribution in [-0.2, 0) is 10.0 Å². The number of sulfonamides is 1. The summed E-state index contributed by atoms with van der Waals surface area (Å²) in [6.07, 6.45) is 2.08. The first-order valence-electron chi connectivity index (χ1n) is 5.28. The summed E-state index contributed by atoms with van der Waals surface area (Å²) >= 11 is 1.93. The summed E-state index contributed by atoms with van der Waals surface area (Å²) in [6, 6.07) is 7.10. The Bertz CT molecular complexity index is 465. The smallest absolute Gasteiger partial charge is 0.225 e. The fourth-order valence-corrected chi connectivity index (χ4v) is 4.02. The van der Waals surface area contributed by atoms with E-state index >= 15 is 0 Å². The molecule has 0 radical (unpaired) electrons. The molecule has 0 saturated carbocycles. The van der Waals surface area contributed by atoms with Crippen molar-refractivity contribution in [3.63, 3.8) is 0 Å². The van der Waals surface area contributed by atoms with E-state index in [1.165, 1.54) is 0 Å². The summed E-state index contributed by atoms with van der Waals surface area (Å²) < 4.78 is 22.9. The number of thioether (sulfide) groups is 1. The van der Waals surface area contributed by atoms with Crippen molar-refractivity contribution in [3.8, 4) is 0 Å². The number of primary sulfonamides is 1. The molecule has 88 valence electrons. The zero-order valence-electron chi connectivity index (χ0n) is 8.93. The van der Waals surface area contributed by atoms with Gasteiger partial charge in [0.15, 0.2) is 0 Å². The Labute approximate surface area is 100 Å². The van der Waals surface area contributed by atoms with Gasteiger partial charge in [-0.1, -0.05) is 18.2 Å². The van der Waals surface area contributed by atoms with Crippen LogP contribution >= 0.6 is 11.8 Å². The molecular formula is C11H15NO2S2. The summed E-state index contributed by atoms with van der Waals surface area (Å²) in [5, 5.41) is 5.23. The number of benzene rings is 1. The van der Waals surface area contributed by atoms with E-state index in [1.807, 2.05) is 23.9 Å². The van der Waals surface area contributed by atoms with E-state index in [9.17, 15) is 8.42 Å². The molecule has 0 bridgehead atoms. The average molecular weight is 257 g/mol. The summed E-state index contributed by atoms with van der Waals surface area (Å²) in [4.78, 5) is 0.298. The molecule has 1 aliphatic heterocycles. The van der Waals surface area contributed by atoms with Gasteiger partial charge in [0, 0.05) is 0 Å². The van der Waals surface area contributed by atoms with Gasteiger partial charge in [-0.25, -0.2) is 13.6 Å². The molecule has 1 saturated heterocycles. The van der Waals surface area contributed by atoms with E-state index in [4.69, 9.17) is 5.14 Å². The second-order valence-corrected chi connectivity index (χ2v) is 6.72. The highest BCUT2D eigenvalue weighted by Crippen LogP contribution is 2.34. The molecule has 3 nitrogen and oxygen atoms in total. The fraction of sp³-hybridized carbons (Fsp3) is 0.455. The maximum Gasteiger partial charge on any atom is 0.238 e. The monoisotopic (exact) mass is 257 g/mol. The van der Waals surface area contributed by atoms with E-state index in [2.05, 4.69) is 0 Å². The van der Waals surface area contributed by atoms with Gasteiger partial charge in [-0.05, 0) is 41.9 Å².